The molecule has 1 unspecified atom stereocenters. The first-order valence-electron chi connectivity index (χ1n) is 13.0. The zero-order valence-corrected chi connectivity index (χ0v) is 23.8. The van der Waals surface area contributed by atoms with Crippen LogP contribution in [0, 0.1) is 6.92 Å². The first-order valence-corrected chi connectivity index (χ1v) is 13.9. The Kier molecular flexibility index (Phi) is 9.96. The van der Waals surface area contributed by atoms with Crippen molar-refractivity contribution in [2.24, 2.45) is 0 Å². The van der Waals surface area contributed by atoms with E-state index in [1.54, 1.807) is 61.7 Å². The summed E-state index contributed by atoms with van der Waals surface area (Å²) in [6, 6.07) is 30.8. The van der Waals surface area contributed by atoms with Gasteiger partial charge in [-0.2, -0.15) is 0 Å². The summed E-state index contributed by atoms with van der Waals surface area (Å²) in [5.41, 5.74) is 3.54. The van der Waals surface area contributed by atoms with Gasteiger partial charge in [0.1, 0.15) is 11.4 Å². The molecule has 0 saturated carbocycles. The van der Waals surface area contributed by atoms with Crippen LogP contribution in [0.1, 0.15) is 28.4 Å². The predicted octanol–water partition coefficient (Wildman–Crippen LogP) is 6.53. The number of carbonyl (C=O) groups excluding carboxylic acids is 3. The van der Waals surface area contributed by atoms with Crippen molar-refractivity contribution in [1.82, 2.24) is 5.32 Å². The molecule has 3 N–H and O–H groups in total. The van der Waals surface area contributed by atoms with Gasteiger partial charge < -0.3 is 20.7 Å². The third-order valence-corrected chi connectivity index (χ3v) is 7.15. The number of rotatable bonds is 10. The molecule has 0 saturated heterocycles. The zero-order chi connectivity index (χ0) is 29.2. The first kappa shape index (κ1) is 29.2. The molecule has 208 valence electrons. The fraction of sp³-hybridized carbons (Fsp3) is 0.121. The Bertz CT molecular complexity index is 1550. The van der Waals surface area contributed by atoms with Crippen molar-refractivity contribution in [2.75, 3.05) is 17.7 Å². The van der Waals surface area contributed by atoms with E-state index in [-0.39, 0.29) is 22.8 Å². The maximum absolute atomic E-state index is 13.3. The maximum atomic E-state index is 13.3. The first-order chi connectivity index (χ1) is 19.8. The number of carbonyl (C=O) groups is 3. The Morgan fingerprint density at radius 3 is 2.24 bits per heavy atom. The van der Waals surface area contributed by atoms with Crippen molar-refractivity contribution in [2.45, 2.75) is 24.0 Å². The molecule has 7 nitrogen and oxygen atoms in total. The monoisotopic (exact) mass is 565 g/mol. The van der Waals surface area contributed by atoms with Gasteiger partial charge in [0, 0.05) is 16.1 Å². The van der Waals surface area contributed by atoms with E-state index in [1.807, 2.05) is 68.4 Å². The van der Waals surface area contributed by atoms with Crippen LogP contribution in [-0.4, -0.2) is 30.1 Å². The molecule has 0 radical (unpaired) electrons. The molecule has 0 aliphatic heterocycles. The minimum absolute atomic E-state index is 0.115. The number of aryl methyl sites for hydroxylation is 1. The second-order valence-corrected chi connectivity index (χ2v) is 10.6. The quantitative estimate of drug-likeness (QED) is 0.150. The molecular formula is C33H31N3O4S. The van der Waals surface area contributed by atoms with Crippen molar-refractivity contribution in [3.8, 4) is 5.75 Å². The molecule has 0 spiro atoms. The van der Waals surface area contributed by atoms with Gasteiger partial charge in [0.25, 0.3) is 11.8 Å². The zero-order valence-electron chi connectivity index (χ0n) is 23.0. The van der Waals surface area contributed by atoms with E-state index in [2.05, 4.69) is 16.0 Å². The van der Waals surface area contributed by atoms with Crippen molar-refractivity contribution in [1.29, 1.82) is 0 Å². The van der Waals surface area contributed by atoms with Gasteiger partial charge in [-0.15, -0.1) is 11.8 Å². The average molecular weight is 566 g/mol. The van der Waals surface area contributed by atoms with Crippen LogP contribution in [0.3, 0.4) is 0 Å². The van der Waals surface area contributed by atoms with E-state index in [4.69, 9.17) is 4.74 Å². The maximum Gasteiger partial charge on any atom is 0.272 e. The van der Waals surface area contributed by atoms with Gasteiger partial charge in [-0.1, -0.05) is 60.2 Å². The highest BCUT2D eigenvalue weighted by Gasteiger charge is 2.18. The highest BCUT2D eigenvalue weighted by atomic mass is 32.2. The third-order valence-electron chi connectivity index (χ3n) is 6.04. The number of methoxy groups -OCH3 is 1. The van der Waals surface area contributed by atoms with Crippen LogP contribution < -0.4 is 20.7 Å². The summed E-state index contributed by atoms with van der Waals surface area (Å²) in [6.45, 7) is 3.78. The van der Waals surface area contributed by atoms with Gasteiger partial charge >= 0.3 is 0 Å². The smallest absolute Gasteiger partial charge is 0.272 e. The molecule has 0 aromatic heterocycles. The second kappa shape index (κ2) is 14.0. The topological polar surface area (TPSA) is 96.5 Å². The van der Waals surface area contributed by atoms with Crippen molar-refractivity contribution in [3.63, 3.8) is 0 Å². The summed E-state index contributed by atoms with van der Waals surface area (Å²) in [7, 11) is 1.56. The lowest BCUT2D eigenvalue weighted by molar-refractivity contribution is -0.115. The standard InChI is InChI=1S/C33H31N3O4S/c1-22-10-9-11-24(20-22)21-29(36-32(38)25-12-5-4-6-13-25)33(39)34-26-16-18-27(19-17-26)41-23(2)31(37)35-28-14-7-8-15-30(28)40-3/h4-21,23H,1-3H3,(H,34,39)(H,35,37)(H,36,38)/b29-21-. The Morgan fingerprint density at radius 2 is 1.54 bits per heavy atom. The van der Waals surface area contributed by atoms with Crippen LogP contribution in [0.2, 0.25) is 0 Å². The Labute approximate surface area is 244 Å². The highest BCUT2D eigenvalue weighted by molar-refractivity contribution is 8.00. The molecule has 4 rings (SSSR count). The predicted molar refractivity (Wildman–Crippen MR) is 165 cm³/mol. The average Bonchev–Trinajstić information content (AvgIpc) is 2.98. The molecule has 4 aromatic carbocycles. The fourth-order valence-electron chi connectivity index (χ4n) is 3.92. The van der Waals surface area contributed by atoms with E-state index in [1.165, 1.54) is 11.8 Å². The van der Waals surface area contributed by atoms with Crippen molar-refractivity contribution < 1.29 is 19.1 Å². The summed E-state index contributed by atoms with van der Waals surface area (Å²) in [6.07, 6.45) is 1.65. The lowest BCUT2D eigenvalue weighted by Gasteiger charge is -2.15. The van der Waals surface area contributed by atoms with Gasteiger partial charge in [0.15, 0.2) is 0 Å². The molecular weight excluding hydrogens is 534 g/mol. The second-order valence-electron chi connectivity index (χ2n) is 9.22. The Balaban J connectivity index is 1.43. The summed E-state index contributed by atoms with van der Waals surface area (Å²) in [5.74, 6) is -0.404. The number of benzene rings is 4. The molecule has 0 aliphatic carbocycles. The Hall–Kier alpha value is -4.82. The van der Waals surface area contributed by atoms with E-state index >= 15 is 0 Å². The summed E-state index contributed by atoms with van der Waals surface area (Å²) in [5, 5.41) is 8.13. The summed E-state index contributed by atoms with van der Waals surface area (Å²) in [4.78, 5) is 39.7. The number of hydrogen-bond donors (Lipinski definition) is 3. The Morgan fingerprint density at radius 1 is 0.829 bits per heavy atom. The van der Waals surface area contributed by atoms with Gasteiger partial charge in [-0.3, -0.25) is 14.4 Å². The van der Waals surface area contributed by atoms with Crippen LogP contribution >= 0.6 is 11.8 Å². The molecule has 1 atom stereocenters. The van der Waals surface area contributed by atoms with Crippen LogP contribution in [0.15, 0.2) is 114 Å². The lowest BCUT2D eigenvalue weighted by Crippen LogP contribution is -2.30. The molecule has 8 heteroatoms. The molecule has 0 heterocycles. The summed E-state index contributed by atoms with van der Waals surface area (Å²) >= 11 is 1.39. The molecule has 3 amide bonds. The van der Waals surface area contributed by atoms with Gasteiger partial charge in [0.05, 0.1) is 18.0 Å². The number of ether oxygens (including phenoxy) is 1. The third kappa shape index (κ3) is 8.33. The molecule has 0 aliphatic rings. The van der Waals surface area contributed by atoms with E-state index in [9.17, 15) is 14.4 Å². The number of thioether (sulfide) groups is 1. The minimum Gasteiger partial charge on any atom is -0.495 e. The molecule has 0 bridgehead atoms. The minimum atomic E-state index is -0.458. The summed E-state index contributed by atoms with van der Waals surface area (Å²) < 4.78 is 5.30. The van der Waals surface area contributed by atoms with Gasteiger partial charge in [-0.25, -0.2) is 0 Å². The van der Waals surface area contributed by atoms with Crippen molar-refractivity contribution >= 4 is 46.9 Å². The number of para-hydroxylation sites is 2. The molecule has 0 fully saturated rings. The highest BCUT2D eigenvalue weighted by Crippen LogP contribution is 2.28. The number of amides is 3. The number of anilines is 2. The van der Waals surface area contributed by atoms with Crippen molar-refractivity contribution in [3.05, 3.63) is 126 Å². The lowest BCUT2D eigenvalue weighted by atomic mass is 10.1. The normalized spacial score (nSPS) is 11.7. The van der Waals surface area contributed by atoms with Crippen LogP contribution in [-0.2, 0) is 9.59 Å². The number of hydrogen-bond acceptors (Lipinski definition) is 5. The van der Waals surface area contributed by atoms with Gasteiger partial charge in [0.2, 0.25) is 5.91 Å². The number of nitrogens with one attached hydrogen (secondary N) is 3. The molecule has 41 heavy (non-hydrogen) atoms. The van der Waals surface area contributed by atoms with Crippen LogP contribution in [0.4, 0.5) is 11.4 Å². The van der Waals surface area contributed by atoms with Crippen LogP contribution in [0.25, 0.3) is 6.08 Å². The SMILES string of the molecule is COc1ccccc1NC(=O)C(C)Sc1ccc(NC(=O)/C(=C/c2cccc(C)c2)NC(=O)c2ccccc2)cc1. The van der Waals surface area contributed by atoms with E-state index < -0.39 is 5.91 Å². The van der Waals surface area contributed by atoms with E-state index in [0.717, 1.165) is 16.0 Å². The van der Waals surface area contributed by atoms with E-state index in [0.29, 0.717) is 22.7 Å². The van der Waals surface area contributed by atoms with Crippen LogP contribution in [0.5, 0.6) is 5.75 Å². The largest absolute Gasteiger partial charge is 0.495 e. The fourth-order valence-corrected chi connectivity index (χ4v) is 4.79. The molecule has 4 aromatic rings. The van der Waals surface area contributed by atoms with Gasteiger partial charge in [-0.05, 0) is 74.0 Å².